The number of hydrogen-bond donors (Lipinski definition) is 0. The smallest absolute Gasteiger partial charge is 0.336 e. The van der Waals surface area contributed by atoms with Crippen molar-refractivity contribution in [2.45, 2.75) is 51.9 Å². The van der Waals surface area contributed by atoms with Gasteiger partial charge in [0.1, 0.15) is 5.58 Å². The lowest BCUT2D eigenvalue weighted by molar-refractivity contribution is -0.131. The van der Waals surface area contributed by atoms with E-state index in [1.807, 2.05) is 43.9 Å². The van der Waals surface area contributed by atoms with Crippen LogP contribution in [0, 0.1) is 6.92 Å². The van der Waals surface area contributed by atoms with Crippen molar-refractivity contribution in [2.75, 3.05) is 13.1 Å². The lowest BCUT2D eigenvalue weighted by Crippen LogP contribution is -2.39. The summed E-state index contributed by atoms with van der Waals surface area (Å²) in [4.78, 5) is 31.1. The predicted octanol–water partition coefficient (Wildman–Crippen LogP) is 3.56. The summed E-state index contributed by atoms with van der Waals surface area (Å²) in [6.07, 6.45) is 1.78. The zero-order valence-electron chi connectivity index (χ0n) is 17.0. The van der Waals surface area contributed by atoms with Crippen molar-refractivity contribution < 1.29 is 13.7 Å². The average Bonchev–Trinajstić information content (AvgIpc) is 3.18. The quantitative estimate of drug-likeness (QED) is 0.628. The molecule has 0 saturated carbocycles. The van der Waals surface area contributed by atoms with E-state index in [-0.39, 0.29) is 24.2 Å². The number of benzene rings is 1. The van der Waals surface area contributed by atoms with E-state index in [4.69, 9.17) is 8.94 Å². The van der Waals surface area contributed by atoms with Crippen molar-refractivity contribution in [1.29, 1.82) is 0 Å². The van der Waals surface area contributed by atoms with Crippen molar-refractivity contribution in [3.05, 3.63) is 57.5 Å². The zero-order valence-corrected chi connectivity index (χ0v) is 17.0. The van der Waals surface area contributed by atoms with Crippen LogP contribution < -0.4 is 5.63 Å². The average molecular weight is 395 g/mol. The first-order valence-corrected chi connectivity index (χ1v) is 10.1. The van der Waals surface area contributed by atoms with E-state index >= 15 is 0 Å². The standard InChI is InChI=1S/C22H25N3O4/c1-13(2)21-23-22(29-24-21)15-6-8-25(9-7-15)19(26)11-16-12-20(27)28-18-10-14(3)4-5-17(16)18/h4-5,10,12-13,15H,6-9,11H2,1-3H3. The highest BCUT2D eigenvalue weighted by molar-refractivity contribution is 5.87. The summed E-state index contributed by atoms with van der Waals surface area (Å²) < 4.78 is 10.7. The molecule has 152 valence electrons. The fourth-order valence-corrected chi connectivity index (χ4v) is 3.78. The molecule has 0 spiro atoms. The van der Waals surface area contributed by atoms with Crippen molar-refractivity contribution in [2.24, 2.45) is 0 Å². The Balaban J connectivity index is 1.44. The lowest BCUT2D eigenvalue weighted by Gasteiger charge is -2.30. The zero-order chi connectivity index (χ0) is 20.5. The first-order valence-electron chi connectivity index (χ1n) is 10.1. The Bertz CT molecular complexity index is 1090. The molecule has 1 aliphatic heterocycles. The van der Waals surface area contributed by atoms with E-state index in [0.29, 0.717) is 30.1 Å². The first kappa shape index (κ1) is 19.4. The van der Waals surface area contributed by atoms with E-state index in [2.05, 4.69) is 10.1 Å². The fourth-order valence-electron chi connectivity index (χ4n) is 3.78. The summed E-state index contributed by atoms with van der Waals surface area (Å²) in [5.74, 6) is 1.83. The van der Waals surface area contributed by atoms with Crippen LogP contribution in [0.4, 0.5) is 0 Å². The molecule has 2 aromatic heterocycles. The molecule has 0 N–H and O–H groups in total. The molecule has 7 heteroatoms. The Hall–Kier alpha value is -2.96. The molecular weight excluding hydrogens is 370 g/mol. The number of aromatic nitrogens is 2. The molecule has 0 unspecified atom stereocenters. The minimum Gasteiger partial charge on any atom is -0.423 e. The van der Waals surface area contributed by atoms with Gasteiger partial charge in [0.15, 0.2) is 5.82 Å². The lowest BCUT2D eigenvalue weighted by atomic mass is 9.96. The third-order valence-electron chi connectivity index (χ3n) is 5.50. The van der Waals surface area contributed by atoms with E-state index in [9.17, 15) is 9.59 Å². The number of carbonyl (C=O) groups excluding carboxylic acids is 1. The summed E-state index contributed by atoms with van der Waals surface area (Å²) in [5.41, 5.74) is 1.81. The molecule has 3 heterocycles. The van der Waals surface area contributed by atoms with Gasteiger partial charge in [-0.05, 0) is 37.0 Å². The van der Waals surface area contributed by atoms with Gasteiger partial charge in [-0.15, -0.1) is 0 Å². The molecule has 3 aromatic rings. The summed E-state index contributed by atoms with van der Waals surface area (Å²) in [5, 5.41) is 4.85. The van der Waals surface area contributed by atoms with E-state index in [1.165, 1.54) is 6.07 Å². The normalized spacial score (nSPS) is 15.4. The fraction of sp³-hybridized carbons (Fsp3) is 0.455. The van der Waals surface area contributed by atoms with Gasteiger partial charge < -0.3 is 13.8 Å². The molecule has 1 aliphatic rings. The predicted molar refractivity (Wildman–Crippen MR) is 108 cm³/mol. The molecule has 1 amide bonds. The summed E-state index contributed by atoms with van der Waals surface area (Å²) in [6, 6.07) is 7.11. The van der Waals surface area contributed by atoms with Crippen LogP contribution in [0.25, 0.3) is 11.0 Å². The van der Waals surface area contributed by atoms with Gasteiger partial charge in [-0.25, -0.2) is 4.79 Å². The number of likely N-dealkylation sites (tertiary alicyclic amines) is 1. The van der Waals surface area contributed by atoms with Gasteiger partial charge in [0, 0.05) is 36.4 Å². The van der Waals surface area contributed by atoms with E-state index < -0.39 is 5.63 Å². The maximum atomic E-state index is 12.9. The highest BCUT2D eigenvalue weighted by atomic mass is 16.5. The third-order valence-corrected chi connectivity index (χ3v) is 5.50. The number of carbonyl (C=O) groups is 1. The molecule has 4 rings (SSSR count). The van der Waals surface area contributed by atoms with Crippen LogP contribution in [0.3, 0.4) is 0 Å². The molecule has 1 fully saturated rings. The van der Waals surface area contributed by atoms with E-state index in [0.717, 1.165) is 29.6 Å². The monoisotopic (exact) mass is 395 g/mol. The minimum atomic E-state index is -0.429. The number of amides is 1. The topological polar surface area (TPSA) is 89.4 Å². The number of fused-ring (bicyclic) bond motifs is 1. The van der Waals surface area contributed by atoms with Crippen LogP contribution in [0.5, 0.6) is 0 Å². The second kappa shape index (κ2) is 7.81. The van der Waals surface area contributed by atoms with Crippen LogP contribution in [-0.2, 0) is 11.2 Å². The van der Waals surface area contributed by atoms with Crippen LogP contribution in [0.15, 0.2) is 38.0 Å². The van der Waals surface area contributed by atoms with Crippen LogP contribution in [0.1, 0.15) is 61.4 Å². The Labute approximate surface area is 168 Å². The maximum Gasteiger partial charge on any atom is 0.336 e. The Morgan fingerprint density at radius 3 is 2.69 bits per heavy atom. The third kappa shape index (κ3) is 4.09. The van der Waals surface area contributed by atoms with Crippen molar-refractivity contribution >= 4 is 16.9 Å². The molecule has 1 aromatic carbocycles. The molecule has 0 atom stereocenters. The van der Waals surface area contributed by atoms with Crippen molar-refractivity contribution in [3.63, 3.8) is 0 Å². The van der Waals surface area contributed by atoms with Crippen molar-refractivity contribution in [3.8, 4) is 0 Å². The SMILES string of the molecule is Cc1ccc2c(CC(=O)N3CCC(c4nc(C(C)C)no4)CC3)cc(=O)oc2c1. The second-order valence-corrected chi connectivity index (χ2v) is 8.07. The van der Waals surface area contributed by atoms with E-state index in [1.54, 1.807) is 0 Å². The molecule has 1 saturated heterocycles. The Kier molecular flexibility index (Phi) is 5.22. The summed E-state index contributed by atoms with van der Waals surface area (Å²) >= 11 is 0. The highest BCUT2D eigenvalue weighted by Crippen LogP contribution is 2.28. The largest absolute Gasteiger partial charge is 0.423 e. The van der Waals surface area contributed by atoms with Crippen LogP contribution in [0.2, 0.25) is 0 Å². The van der Waals surface area contributed by atoms with Gasteiger partial charge in [-0.3, -0.25) is 4.79 Å². The number of rotatable bonds is 4. The Morgan fingerprint density at radius 1 is 1.24 bits per heavy atom. The number of aryl methyl sites for hydroxylation is 1. The molecule has 0 radical (unpaired) electrons. The second-order valence-electron chi connectivity index (χ2n) is 8.07. The van der Waals surface area contributed by atoms with Gasteiger partial charge in [0.05, 0.1) is 6.42 Å². The Morgan fingerprint density at radius 2 is 2.00 bits per heavy atom. The molecule has 0 aliphatic carbocycles. The van der Waals surface area contributed by atoms with Crippen molar-refractivity contribution in [1.82, 2.24) is 15.0 Å². The number of nitrogens with zero attached hydrogens (tertiary/aromatic N) is 3. The highest BCUT2D eigenvalue weighted by Gasteiger charge is 2.28. The van der Waals surface area contributed by atoms with Gasteiger partial charge in [-0.1, -0.05) is 31.1 Å². The minimum absolute atomic E-state index is 0.0179. The van der Waals surface area contributed by atoms with Gasteiger partial charge in [0.2, 0.25) is 11.8 Å². The molecule has 7 nitrogen and oxygen atoms in total. The van der Waals surface area contributed by atoms with Gasteiger partial charge >= 0.3 is 5.63 Å². The molecular formula is C22H25N3O4. The maximum absolute atomic E-state index is 12.9. The summed E-state index contributed by atoms with van der Waals surface area (Å²) in [6.45, 7) is 7.29. The summed E-state index contributed by atoms with van der Waals surface area (Å²) in [7, 11) is 0. The number of hydrogen-bond acceptors (Lipinski definition) is 6. The number of piperidine rings is 1. The van der Waals surface area contributed by atoms with Crippen LogP contribution in [-0.4, -0.2) is 34.0 Å². The van der Waals surface area contributed by atoms with Crippen LogP contribution >= 0.6 is 0 Å². The first-order chi connectivity index (χ1) is 13.9. The van der Waals surface area contributed by atoms with Gasteiger partial charge in [-0.2, -0.15) is 4.98 Å². The molecule has 29 heavy (non-hydrogen) atoms. The molecule has 0 bridgehead atoms. The van der Waals surface area contributed by atoms with Gasteiger partial charge in [0.25, 0.3) is 0 Å².